The lowest BCUT2D eigenvalue weighted by Crippen LogP contribution is -1.97. The summed E-state index contributed by atoms with van der Waals surface area (Å²) in [5.74, 6) is 1.09. The van der Waals surface area contributed by atoms with Gasteiger partial charge in [-0.25, -0.2) is 17.6 Å². The van der Waals surface area contributed by atoms with Crippen LogP contribution in [0.25, 0.3) is 5.70 Å². The Morgan fingerprint density at radius 1 is 1.07 bits per heavy atom. The van der Waals surface area contributed by atoms with Gasteiger partial charge in [0.15, 0.2) is 23.3 Å². The van der Waals surface area contributed by atoms with Gasteiger partial charge in [0.05, 0.1) is 16.8 Å². The summed E-state index contributed by atoms with van der Waals surface area (Å²) in [7, 11) is 0. The third-order valence-electron chi connectivity index (χ3n) is 4.15. The number of aryl methyl sites for hydroxylation is 2. The summed E-state index contributed by atoms with van der Waals surface area (Å²) in [6.07, 6.45) is 3.41. The molecule has 2 rings (SSSR count). The maximum absolute atomic E-state index is 14.1. The summed E-state index contributed by atoms with van der Waals surface area (Å²) in [5.41, 5.74) is 5.83. The normalized spacial score (nSPS) is 11.4. The quantitative estimate of drug-likeness (QED) is 0.405. The Labute approximate surface area is 167 Å². The van der Waals surface area contributed by atoms with Crippen molar-refractivity contribution in [3.63, 3.8) is 0 Å². The van der Waals surface area contributed by atoms with E-state index in [0.717, 1.165) is 6.20 Å². The summed E-state index contributed by atoms with van der Waals surface area (Å²) in [6, 6.07) is 5.65. The minimum absolute atomic E-state index is 0.0382. The number of hydrogen-bond donors (Lipinski definition) is 1. The molecular weight excluding hydrogens is 380 g/mol. The first kappa shape index (κ1) is 22.0. The summed E-state index contributed by atoms with van der Waals surface area (Å²) in [4.78, 5) is 3.94. The molecule has 0 saturated heterocycles. The minimum Gasteiger partial charge on any atom is -0.404 e. The van der Waals surface area contributed by atoms with Crippen LogP contribution in [0.4, 0.5) is 17.6 Å². The molecule has 0 atom stereocenters. The lowest BCUT2D eigenvalue weighted by atomic mass is 10.1. The molecule has 0 heterocycles. The first-order chi connectivity index (χ1) is 13.8. The van der Waals surface area contributed by atoms with E-state index in [9.17, 15) is 17.6 Å². The van der Waals surface area contributed by atoms with Gasteiger partial charge in [-0.05, 0) is 36.6 Å². The second-order valence-corrected chi connectivity index (χ2v) is 6.29. The fourth-order valence-electron chi connectivity index (χ4n) is 2.49. The van der Waals surface area contributed by atoms with Crippen LogP contribution in [0.5, 0.6) is 0 Å². The van der Waals surface area contributed by atoms with Crippen LogP contribution < -0.4 is 5.73 Å². The molecule has 0 amide bonds. The first-order valence-electron chi connectivity index (χ1n) is 8.88. The SMILES string of the molecule is C=C(N=C/C(C#Cc1ccc(CCC)c(F)c1F)=C\N)c1ccc(C)c(F)c1F. The Hall–Kier alpha value is -3.33. The van der Waals surface area contributed by atoms with E-state index < -0.39 is 23.3 Å². The van der Waals surface area contributed by atoms with Crippen LogP contribution in [0.3, 0.4) is 0 Å². The van der Waals surface area contributed by atoms with E-state index in [4.69, 9.17) is 5.73 Å². The van der Waals surface area contributed by atoms with E-state index in [1.165, 1.54) is 37.4 Å². The average molecular weight is 400 g/mol. The van der Waals surface area contributed by atoms with Gasteiger partial charge in [-0.1, -0.05) is 43.9 Å². The Kier molecular flexibility index (Phi) is 7.38. The predicted octanol–water partition coefficient (Wildman–Crippen LogP) is 5.44. The number of allylic oxidation sites excluding steroid dienone is 1. The fourth-order valence-corrected chi connectivity index (χ4v) is 2.49. The second kappa shape index (κ2) is 9.74. The van der Waals surface area contributed by atoms with E-state index in [1.807, 2.05) is 6.92 Å². The standard InChI is InChI=1S/C23H20F4N2/c1-4-5-17-9-10-18(22(26)21(17)25)8-7-16(12-28)13-29-15(3)19-11-6-14(2)20(24)23(19)27/h6,9-13H,3-5,28H2,1-2H3/b16-12-,29-13?. The Morgan fingerprint density at radius 2 is 1.79 bits per heavy atom. The van der Waals surface area contributed by atoms with E-state index in [1.54, 1.807) is 0 Å². The van der Waals surface area contributed by atoms with Gasteiger partial charge in [-0.2, -0.15) is 0 Å². The van der Waals surface area contributed by atoms with Crippen molar-refractivity contribution in [3.8, 4) is 11.8 Å². The molecule has 0 radical (unpaired) electrons. The van der Waals surface area contributed by atoms with Gasteiger partial charge in [0.2, 0.25) is 0 Å². The van der Waals surface area contributed by atoms with Crippen molar-refractivity contribution < 1.29 is 17.6 Å². The molecule has 0 aliphatic carbocycles. The molecule has 0 fully saturated rings. The van der Waals surface area contributed by atoms with E-state index in [2.05, 4.69) is 23.4 Å². The lowest BCUT2D eigenvalue weighted by molar-refractivity contribution is 0.496. The molecule has 0 spiro atoms. The maximum Gasteiger partial charge on any atom is 0.174 e. The Bertz CT molecular complexity index is 1060. The van der Waals surface area contributed by atoms with Crippen molar-refractivity contribution >= 4 is 11.9 Å². The molecule has 2 N–H and O–H groups in total. The van der Waals surface area contributed by atoms with Crippen LogP contribution >= 0.6 is 0 Å². The Morgan fingerprint density at radius 3 is 2.45 bits per heavy atom. The fraction of sp³-hybridized carbons (Fsp3) is 0.174. The molecule has 0 aliphatic heterocycles. The van der Waals surface area contributed by atoms with Crippen molar-refractivity contribution in [1.29, 1.82) is 0 Å². The van der Waals surface area contributed by atoms with Gasteiger partial charge in [-0.3, -0.25) is 4.99 Å². The number of nitrogens with two attached hydrogens (primary N) is 1. The molecule has 0 aromatic heterocycles. The molecule has 2 nitrogen and oxygen atoms in total. The molecule has 150 valence electrons. The number of benzene rings is 2. The summed E-state index contributed by atoms with van der Waals surface area (Å²) in [5, 5.41) is 0. The van der Waals surface area contributed by atoms with Crippen molar-refractivity contribution in [2.45, 2.75) is 26.7 Å². The van der Waals surface area contributed by atoms with Crippen LogP contribution in [0.2, 0.25) is 0 Å². The average Bonchev–Trinajstić information content (AvgIpc) is 2.71. The van der Waals surface area contributed by atoms with Crippen LogP contribution in [0.15, 0.2) is 47.6 Å². The molecule has 6 heteroatoms. The molecule has 29 heavy (non-hydrogen) atoms. The molecule has 2 aromatic rings. The molecule has 0 aliphatic rings. The number of hydrogen-bond acceptors (Lipinski definition) is 2. The number of rotatable bonds is 5. The van der Waals surface area contributed by atoms with E-state index in [-0.39, 0.29) is 33.5 Å². The molecule has 2 aromatic carbocycles. The van der Waals surface area contributed by atoms with Crippen molar-refractivity contribution in [2.24, 2.45) is 10.7 Å². The second-order valence-electron chi connectivity index (χ2n) is 6.29. The highest BCUT2D eigenvalue weighted by Gasteiger charge is 2.13. The third-order valence-corrected chi connectivity index (χ3v) is 4.15. The highest BCUT2D eigenvalue weighted by atomic mass is 19.2. The largest absolute Gasteiger partial charge is 0.404 e. The van der Waals surface area contributed by atoms with Crippen LogP contribution in [-0.4, -0.2) is 6.21 Å². The van der Waals surface area contributed by atoms with E-state index in [0.29, 0.717) is 12.8 Å². The molecule has 0 unspecified atom stereocenters. The molecular formula is C23H20F4N2. The number of halogens is 4. The smallest absolute Gasteiger partial charge is 0.174 e. The zero-order valence-electron chi connectivity index (χ0n) is 16.1. The van der Waals surface area contributed by atoms with Crippen LogP contribution in [0, 0.1) is 42.0 Å². The van der Waals surface area contributed by atoms with Gasteiger partial charge in [0.1, 0.15) is 0 Å². The van der Waals surface area contributed by atoms with Crippen molar-refractivity contribution in [2.75, 3.05) is 0 Å². The Balaban J connectivity index is 2.24. The van der Waals surface area contributed by atoms with Crippen molar-refractivity contribution in [1.82, 2.24) is 0 Å². The highest BCUT2D eigenvalue weighted by molar-refractivity contribution is 5.88. The van der Waals surface area contributed by atoms with Gasteiger partial charge in [0, 0.05) is 18.0 Å². The minimum atomic E-state index is -1.05. The highest BCUT2D eigenvalue weighted by Crippen LogP contribution is 2.22. The summed E-state index contributed by atoms with van der Waals surface area (Å²) < 4.78 is 55.8. The van der Waals surface area contributed by atoms with Crippen LogP contribution in [-0.2, 0) is 6.42 Å². The third kappa shape index (κ3) is 5.14. The molecule has 0 bridgehead atoms. The van der Waals surface area contributed by atoms with Crippen molar-refractivity contribution in [3.05, 3.63) is 88.1 Å². The zero-order valence-corrected chi connectivity index (χ0v) is 16.1. The maximum atomic E-state index is 14.1. The summed E-state index contributed by atoms with van der Waals surface area (Å²) in [6.45, 7) is 6.91. The van der Waals surface area contributed by atoms with Gasteiger partial charge >= 0.3 is 0 Å². The monoisotopic (exact) mass is 400 g/mol. The number of aliphatic imine (C=N–C) groups is 1. The number of nitrogens with zero attached hydrogens (tertiary/aromatic N) is 1. The zero-order chi connectivity index (χ0) is 21.6. The van der Waals surface area contributed by atoms with Gasteiger partial charge in [0.25, 0.3) is 0 Å². The summed E-state index contributed by atoms with van der Waals surface area (Å²) >= 11 is 0. The first-order valence-corrected chi connectivity index (χ1v) is 8.88. The van der Waals surface area contributed by atoms with E-state index >= 15 is 0 Å². The lowest BCUT2D eigenvalue weighted by Gasteiger charge is -2.05. The van der Waals surface area contributed by atoms with Gasteiger partial charge in [-0.15, -0.1) is 0 Å². The van der Waals surface area contributed by atoms with Crippen LogP contribution in [0.1, 0.15) is 35.6 Å². The predicted molar refractivity (Wildman–Crippen MR) is 108 cm³/mol. The van der Waals surface area contributed by atoms with Gasteiger partial charge < -0.3 is 5.73 Å². The molecule has 0 saturated carbocycles. The topological polar surface area (TPSA) is 38.4 Å².